The summed E-state index contributed by atoms with van der Waals surface area (Å²) in [5.41, 5.74) is 0.237. The number of nitrogens with one attached hydrogen (secondary N) is 1. The molecule has 2 N–H and O–H groups in total. The van der Waals surface area contributed by atoms with Crippen LogP contribution in [0.3, 0.4) is 0 Å². The number of hydrogen-bond donors (Lipinski definition) is 2. The highest BCUT2D eigenvalue weighted by Gasteiger charge is 2.18. The molecule has 4 nitrogen and oxygen atoms in total. The van der Waals surface area contributed by atoms with E-state index in [9.17, 15) is 5.11 Å². The molecule has 0 aliphatic heterocycles. The van der Waals surface area contributed by atoms with E-state index >= 15 is 0 Å². The first kappa shape index (κ1) is 12.1. The topological polar surface area (TPSA) is 58.0 Å². The van der Waals surface area contributed by atoms with Gasteiger partial charge < -0.3 is 10.4 Å². The predicted molar refractivity (Wildman–Crippen MR) is 59.4 cm³/mol. The molecule has 84 valence electrons. The number of aliphatic hydroxyl groups is 1. The van der Waals surface area contributed by atoms with Crippen molar-refractivity contribution in [2.75, 3.05) is 6.54 Å². The molecule has 1 heterocycles. The molecular weight excluding hydrogens is 190 g/mol. The molecule has 2 atom stereocenters. The second kappa shape index (κ2) is 5.19. The van der Waals surface area contributed by atoms with Crippen LogP contribution in [0.4, 0.5) is 0 Å². The number of aromatic nitrogens is 2. The van der Waals surface area contributed by atoms with Crippen molar-refractivity contribution in [1.29, 1.82) is 0 Å². The summed E-state index contributed by atoms with van der Waals surface area (Å²) in [4.78, 5) is 8.20. The zero-order chi connectivity index (χ0) is 11.3. The molecule has 0 spiro atoms. The van der Waals surface area contributed by atoms with E-state index in [4.69, 9.17) is 0 Å². The van der Waals surface area contributed by atoms with Crippen LogP contribution in [0, 0.1) is 0 Å². The van der Waals surface area contributed by atoms with Gasteiger partial charge >= 0.3 is 0 Å². The SMILES string of the molecule is CCC(C)(O)CNC(C)c1cnccn1. The maximum atomic E-state index is 9.82. The van der Waals surface area contributed by atoms with Gasteiger partial charge in [-0.05, 0) is 20.3 Å². The zero-order valence-corrected chi connectivity index (χ0v) is 9.57. The Balaban J connectivity index is 2.47. The summed E-state index contributed by atoms with van der Waals surface area (Å²) in [7, 11) is 0. The molecule has 1 aromatic rings. The lowest BCUT2D eigenvalue weighted by Crippen LogP contribution is -2.38. The van der Waals surface area contributed by atoms with Gasteiger partial charge in [-0.3, -0.25) is 9.97 Å². The second-order valence-electron chi connectivity index (χ2n) is 4.08. The van der Waals surface area contributed by atoms with E-state index in [0.717, 1.165) is 12.1 Å². The van der Waals surface area contributed by atoms with E-state index in [1.54, 1.807) is 18.6 Å². The number of nitrogens with zero attached hydrogens (tertiary/aromatic N) is 2. The lowest BCUT2D eigenvalue weighted by Gasteiger charge is -2.24. The molecule has 0 fully saturated rings. The maximum Gasteiger partial charge on any atom is 0.0753 e. The van der Waals surface area contributed by atoms with Gasteiger partial charge in [-0.1, -0.05) is 6.92 Å². The fraction of sp³-hybridized carbons (Fsp3) is 0.636. The van der Waals surface area contributed by atoms with Crippen molar-refractivity contribution >= 4 is 0 Å². The average Bonchev–Trinajstić information content (AvgIpc) is 2.27. The molecule has 2 unspecified atom stereocenters. The quantitative estimate of drug-likeness (QED) is 0.767. The molecule has 0 aromatic carbocycles. The molecular formula is C11H19N3O. The molecule has 0 saturated carbocycles. The van der Waals surface area contributed by atoms with E-state index in [-0.39, 0.29) is 6.04 Å². The molecule has 0 aliphatic rings. The van der Waals surface area contributed by atoms with Gasteiger partial charge in [-0.2, -0.15) is 0 Å². The van der Waals surface area contributed by atoms with Gasteiger partial charge in [-0.15, -0.1) is 0 Å². The van der Waals surface area contributed by atoms with Crippen LogP contribution in [0.25, 0.3) is 0 Å². The van der Waals surface area contributed by atoms with Crippen LogP contribution < -0.4 is 5.32 Å². The summed E-state index contributed by atoms with van der Waals surface area (Å²) in [6.07, 6.45) is 5.79. The predicted octanol–water partition coefficient (Wildman–Crippen LogP) is 1.29. The first-order chi connectivity index (χ1) is 7.05. The summed E-state index contributed by atoms with van der Waals surface area (Å²) in [5.74, 6) is 0. The third-order valence-corrected chi connectivity index (χ3v) is 2.58. The second-order valence-corrected chi connectivity index (χ2v) is 4.08. The van der Waals surface area contributed by atoms with Crippen LogP contribution >= 0.6 is 0 Å². The van der Waals surface area contributed by atoms with Gasteiger partial charge in [-0.25, -0.2) is 0 Å². The van der Waals surface area contributed by atoms with Crippen LogP contribution in [0.2, 0.25) is 0 Å². The molecule has 0 amide bonds. The summed E-state index contributed by atoms with van der Waals surface area (Å²) >= 11 is 0. The first-order valence-corrected chi connectivity index (χ1v) is 5.27. The fourth-order valence-corrected chi connectivity index (χ4v) is 1.14. The number of hydrogen-bond acceptors (Lipinski definition) is 4. The van der Waals surface area contributed by atoms with E-state index < -0.39 is 5.60 Å². The Morgan fingerprint density at radius 3 is 2.80 bits per heavy atom. The van der Waals surface area contributed by atoms with Crippen molar-refractivity contribution in [3.05, 3.63) is 24.3 Å². The molecule has 0 bridgehead atoms. The first-order valence-electron chi connectivity index (χ1n) is 5.27. The minimum Gasteiger partial charge on any atom is -0.389 e. The van der Waals surface area contributed by atoms with Crippen molar-refractivity contribution in [1.82, 2.24) is 15.3 Å². The van der Waals surface area contributed by atoms with E-state index in [0.29, 0.717) is 6.54 Å². The Labute approximate surface area is 90.8 Å². The molecule has 4 heteroatoms. The van der Waals surface area contributed by atoms with Crippen LogP contribution in [0.15, 0.2) is 18.6 Å². The highest BCUT2D eigenvalue weighted by Crippen LogP contribution is 2.11. The molecule has 0 saturated heterocycles. The fourth-order valence-electron chi connectivity index (χ4n) is 1.14. The van der Waals surface area contributed by atoms with E-state index in [2.05, 4.69) is 15.3 Å². The molecule has 1 aromatic heterocycles. The van der Waals surface area contributed by atoms with Crippen LogP contribution in [0.5, 0.6) is 0 Å². The van der Waals surface area contributed by atoms with Crippen LogP contribution in [0.1, 0.15) is 38.9 Å². The third-order valence-electron chi connectivity index (χ3n) is 2.58. The standard InChI is InChI=1S/C11H19N3O/c1-4-11(3,15)8-14-9(2)10-7-12-5-6-13-10/h5-7,9,14-15H,4,8H2,1-3H3. The lowest BCUT2D eigenvalue weighted by atomic mass is 10.0. The Morgan fingerprint density at radius 2 is 2.27 bits per heavy atom. The van der Waals surface area contributed by atoms with E-state index in [1.807, 2.05) is 20.8 Å². The number of rotatable bonds is 5. The molecule has 15 heavy (non-hydrogen) atoms. The Bertz CT molecular complexity index is 287. The minimum atomic E-state index is -0.656. The van der Waals surface area contributed by atoms with Crippen LogP contribution in [-0.2, 0) is 0 Å². The Kier molecular flexibility index (Phi) is 4.17. The lowest BCUT2D eigenvalue weighted by molar-refractivity contribution is 0.0532. The average molecular weight is 209 g/mol. The Morgan fingerprint density at radius 1 is 1.53 bits per heavy atom. The van der Waals surface area contributed by atoms with Crippen molar-refractivity contribution in [3.63, 3.8) is 0 Å². The van der Waals surface area contributed by atoms with Crippen LogP contribution in [-0.4, -0.2) is 27.2 Å². The van der Waals surface area contributed by atoms with Gasteiger partial charge in [0.05, 0.1) is 11.3 Å². The summed E-state index contributed by atoms with van der Waals surface area (Å²) in [6, 6.07) is 0.108. The van der Waals surface area contributed by atoms with Gasteiger partial charge in [0.15, 0.2) is 0 Å². The van der Waals surface area contributed by atoms with Crippen molar-refractivity contribution in [2.24, 2.45) is 0 Å². The molecule has 0 aliphatic carbocycles. The highest BCUT2D eigenvalue weighted by molar-refractivity contribution is 5.00. The van der Waals surface area contributed by atoms with E-state index in [1.165, 1.54) is 0 Å². The molecule has 0 radical (unpaired) electrons. The van der Waals surface area contributed by atoms with Gasteiger partial charge in [0.2, 0.25) is 0 Å². The summed E-state index contributed by atoms with van der Waals surface area (Å²) < 4.78 is 0. The third kappa shape index (κ3) is 3.93. The zero-order valence-electron chi connectivity index (χ0n) is 9.57. The van der Waals surface area contributed by atoms with Crippen molar-refractivity contribution < 1.29 is 5.11 Å². The van der Waals surface area contributed by atoms with Crippen molar-refractivity contribution in [2.45, 2.75) is 38.8 Å². The Hall–Kier alpha value is -1.00. The molecule has 1 rings (SSSR count). The van der Waals surface area contributed by atoms with Gasteiger partial charge in [0.1, 0.15) is 0 Å². The maximum absolute atomic E-state index is 9.82. The van der Waals surface area contributed by atoms with Gasteiger partial charge in [0, 0.05) is 31.2 Å². The summed E-state index contributed by atoms with van der Waals surface area (Å²) in [5, 5.41) is 13.1. The minimum absolute atomic E-state index is 0.108. The van der Waals surface area contributed by atoms with Gasteiger partial charge in [0.25, 0.3) is 0 Å². The smallest absolute Gasteiger partial charge is 0.0753 e. The monoisotopic (exact) mass is 209 g/mol. The largest absolute Gasteiger partial charge is 0.389 e. The highest BCUT2D eigenvalue weighted by atomic mass is 16.3. The normalized spacial score (nSPS) is 17.1. The van der Waals surface area contributed by atoms with Crippen molar-refractivity contribution in [3.8, 4) is 0 Å². The summed E-state index contributed by atoms with van der Waals surface area (Å²) in [6.45, 7) is 6.36.